The van der Waals surface area contributed by atoms with Gasteiger partial charge in [-0.05, 0) is 18.9 Å². The molecule has 0 aromatic carbocycles. The van der Waals surface area contributed by atoms with E-state index in [-0.39, 0.29) is 0 Å². The quantitative estimate of drug-likeness (QED) is 0.760. The van der Waals surface area contributed by atoms with Crippen LogP contribution in [0.1, 0.15) is 26.7 Å². The Balaban J connectivity index is 2.26. The highest BCUT2D eigenvalue weighted by Gasteiger charge is 2.18. The molecule has 0 amide bonds. The molecule has 2 unspecified atom stereocenters. The first kappa shape index (κ1) is 12.3. The molecule has 0 aromatic heterocycles. The highest BCUT2D eigenvalue weighted by molar-refractivity contribution is 7.99. The van der Waals surface area contributed by atoms with E-state index in [0.29, 0.717) is 0 Å². The van der Waals surface area contributed by atoms with E-state index < -0.39 is 0 Å². The SMILES string of the molecule is CCCC(CN)CN1CCSC(C)C1. The summed E-state index contributed by atoms with van der Waals surface area (Å²) in [5.41, 5.74) is 5.78. The lowest BCUT2D eigenvalue weighted by molar-refractivity contribution is 0.235. The standard InChI is InChI=1S/C11H24N2S/c1-3-4-11(7-12)9-13-5-6-14-10(2)8-13/h10-11H,3-9,12H2,1-2H3. The lowest BCUT2D eigenvalue weighted by Gasteiger charge is -2.33. The average Bonchev–Trinajstić information content (AvgIpc) is 2.17. The maximum absolute atomic E-state index is 5.78. The fourth-order valence-corrected chi connectivity index (χ4v) is 3.20. The summed E-state index contributed by atoms with van der Waals surface area (Å²) >= 11 is 2.10. The molecule has 2 nitrogen and oxygen atoms in total. The van der Waals surface area contributed by atoms with Gasteiger partial charge in [0, 0.05) is 30.6 Å². The summed E-state index contributed by atoms with van der Waals surface area (Å²) in [6, 6.07) is 0. The summed E-state index contributed by atoms with van der Waals surface area (Å²) in [6.45, 7) is 9.16. The van der Waals surface area contributed by atoms with Crippen LogP contribution in [0.5, 0.6) is 0 Å². The number of nitrogens with two attached hydrogens (primary N) is 1. The molecule has 1 heterocycles. The average molecular weight is 216 g/mol. The fourth-order valence-electron chi connectivity index (χ4n) is 2.11. The van der Waals surface area contributed by atoms with E-state index in [4.69, 9.17) is 5.73 Å². The van der Waals surface area contributed by atoms with Crippen LogP contribution >= 0.6 is 11.8 Å². The largest absolute Gasteiger partial charge is 0.330 e. The van der Waals surface area contributed by atoms with E-state index in [1.54, 1.807) is 0 Å². The minimum absolute atomic E-state index is 0.718. The summed E-state index contributed by atoms with van der Waals surface area (Å²) in [7, 11) is 0. The van der Waals surface area contributed by atoms with Crippen molar-refractivity contribution >= 4 is 11.8 Å². The van der Waals surface area contributed by atoms with Gasteiger partial charge >= 0.3 is 0 Å². The Morgan fingerprint density at radius 1 is 1.57 bits per heavy atom. The number of hydrogen-bond donors (Lipinski definition) is 1. The van der Waals surface area contributed by atoms with Crippen LogP contribution in [-0.4, -0.2) is 42.1 Å². The van der Waals surface area contributed by atoms with Gasteiger partial charge in [0.2, 0.25) is 0 Å². The van der Waals surface area contributed by atoms with Crippen LogP contribution in [-0.2, 0) is 0 Å². The van der Waals surface area contributed by atoms with Crippen molar-refractivity contribution in [3.8, 4) is 0 Å². The molecule has 84 valence electrons. The number of hydrogen-bond acceptors (Lipinski definition) is 3. The molecule has 0 spiro atoms. The lowest BCUT2D eigenvalue weighted by Crippen LogP contribution is -2.41. The van der Waals surface area contributed by atoms with Crippen molar-refractivity contribution < 1.29 is 0 Å². The molecule has 14 heavy (non-hydrogen) atoms. The Hall–Kier alpha value is 0.270. The zero-order valence-electron chi connectivity index (χ0n) is 9.54. The van der Waals surface area contributed by atoms with Crippen molar-refractivity contribution in [3.05, 3.63) is 0 Å². The first-order valence-corrected chi connectivity index (χ1v) is 6.85. The van der Waals surface area contributed by atoms with E-state index >= 15 is 0 Å². The van der Waals surface area contributed by atoms with Crippen molar-refractivity contribution in [1.82, 2.24) is 4.90 Å². The van der Waals surface area contributed by atoms with Gasteiger partial charge in [0.25, 0.3) is 0 Å². The van der Waals surface area contributed by atoms with Gasteiger partial charge in [-0.1, -0.05) is 20.3 Å². The predicted octanol–water partition coefficient (Wildman–Crippen LogP) is 1.80. The zero-order chi connectivity index (χ0) is 10.4. The summed E-state index contributed by atoms with van der Waals surface area (Å²) < 4.78 is 0. The Morgan fingerprint density at radius 3 is 2.93 bits per heavy atom. The van der Waals surface area contributed by atoms with Crippen molar-refractivity contribution in [3.63, 3.8) is 0 Å². The first-order chi connectivity index (χ1) is 6.76. The van der Waals surface area contributed by atoms with E-state index in [1.165, 1.54) is 38.2 Å². The molecule has 2 atom stereocenters. The van der Waals surface area contributed by atoms with E-state index in [1.807, 2.05) is 0 Å². The van der Waals surface area contributed by atoms with Gasteiger partial charge in [0.05, 0.1) is 0 Å². The Labute approximate surface area is 92.6 Å². The van der Waals surface area contributed by atoms with Crippen LogP contribution in [0.2, 0.25) is 0 Å². The molecule has 2 N–H and O–H groups in total. The molecule has 1 aliphatic heterocycles. The molecule has 1 saturated heterocycles. The van der Waals surface area contributed by atoms with Crippen LogP contribution < -0.4 is 5.73 Å². The second kappa shape index (κ2) is 6.70. The van der Waals surface area contributed by atoms with Gasteiger partial charge in [-0.2, -0.15) is 11.8 Å². The Morgan fingerprint density at radius 2 is 2.36 bits per heavy atom. The normalized spacial score (nSPS) is 26.4. The number of thioether (sulfide) groups is 1. The summed E-state index contributed by atoms with van der Waals surface area (Å²) in [6.07, 6.45) is 2.55. The third-order valence-electron chi connectivity index (χ3n) is 2.87. The topological polar surface area (TPSA) is 29.3 Å². The van der Waals surface area contributed by atoms with Crippen LogP contribution in [0.15, 0.2) is 0 Å². The van der Waals surface area contributed by atoms with Gasteiger partial charge in [0.1, 0.15) is 0 Å². The molecule has 0 aromatic rings. The third-order valence-corrected chi connectivity index (χ3v) is 4.01. The molecule has 0 bridgehead atoms. The van der Waals surface area contributed by atoms with Crippen LogP contribution in [0.4, 0.5) is 0 Å². The molecule has 1 rings (SSSR count). The molecular formula is C11H24N2S. The molecule has 3 heteroatoms. The van der Waals surface area contributed by atoms with Crippen LogP contribution in [0.25, 0.3) is 0 Å². The van der Waals surface area contributed by atoms with Gasteiger partial charge in [-0.25, -0.2) is 0 Å². The van der Waals surface area contributed by atoms with Crippen LogP contribution in [0, 0.1) is 5.92 Å². The second-order valence-corrected chi connectivity index (χ2v) is 5.88. The fraction of sp³-hybridized carbons (Fsp3) is 1.00. The summed E-state index contributed by atoms with van der Waals surface area (Å²) in [5.74, 6) is 2.01. The molecule has 1 fully saturated rings. The van der Waals surface area contributed by atoms with Crippen LogP contribution in [0.3, 0.4) is 0 Å². The van der Waals surface area contributed by atoms with Crippen molar-refractivity contribution in [2.75, 3.05) is 31.9 Å². The maximum Gasteiger partial charge on any atom is 0.0147 e. The van der Waals surface area contributed by atoms with Crippen molar-refractivity contribution in [2.45, 2.75) is 31.9 Å². The Kier molecular flexibility index (Phi) is 5.90. The highest BCUT2D eigenvalue weighted by Crippen LogP contribution is 2.19. The third kappa shape index (κ3) is 4.20. The second-order valence-electron chi connectivity index (χ2n) is 4.33. The smallest absolute Gasteiger partial charge is 0.0147 e. The molecule has 0 radical (unpaired) electrons. The van der Waals surface area contributed by atoms with Gasteiger partial charge in [-0.15, -0.1) is 0 Å². The minimum atomic E-state index is 0.718. The molecule has 0 aliphatic carbocycles. The maximum atomic E-state index is 5.78. The predicted molar refractivity (Wildman–Crippen MR) is 65.8 cm³/mol. The van der Waals surface area contributed by atoms with Gasteiger partial charge in [-0.3, -0.25) is 0 Å². The lowest BCUT2D eigenvalue weighted by atomic mass is 10.0. The van der Waals surface area contributed by atoms with E-state index in [9.17, 15) is 0 Å². The first-order valence-electron chi connectivity index (χ1n) is 5.80. The van der Waals surface area contributed by atoms with E-state index in [0.717, 1.165) is 17.7 Å². The molecular weight excluding hydrogens is 192 g/mol. The number of nitrogens with zero attached hydrogens (tertiary/aromatic N) is 1. The zero-order valence-corrected chi connectivity index (χ0v) is 10.4. The monoisotopic (exact) mass is 216 g/mol. The van der Waals surface area contributed by atoms with Gasteiger partial charge in [0.15, 0.2) is 0 Å². The number of rotatable bonds is 5. The Bertz CT molecular complexity index is 152. The van der Waals surface area contributed by atoms with Crippen molar-refractivity contribution in [2.24, 2.45) is 11.7 Å². The minimum Gasteiger partial charge on any atom is -0.330 e. The van der Waals surface area contributed by atoms with Gasteiger partial charge < -0.3 is 10.6 Å². The molecule has 0 saturated carbocycles. The highest BCUT2D eigenvalue weighted by atomic mass is 32.2. The van der Waals surface area contributed by atoms with E-state index in [2.05, 4.69) is 30.5 Å². The van der Waals surface area contributed by atoms with Crippen molar-refractivity contribution in [1.29, 1.82) is 0 Å². The summed E-state index contributed by atoms with van der Waals surface area (Å²) in [4.78, 5) is 2.59. The molecule has 1 aliphatic rings. The summed E-state index contributed by atoms with van der Waals surface area (Å²) in [5, 5.41) is 0.809.